The molecule has 1 aliphatic rings. The lowest BCUT2D eigenvalue weighted by molar-refractivity contribution is 0.224. The van der Waals surface area contributed by atoms with Crippen LogP contribution < -0.4 is 5.32 Å². The summed E-state index contributed by atoms with van der Waals surface area (Å²) in [5.41, 5.74) is 0.568. The summed E-state index contributed by atoms with van der Waals surface area (Å²) in [7, 11) is 1.92. The molecule has 1 fully saturated rings. The number of hydrogen-bond donors (Lipinski definition) is 1. The molecule has 106 valence electrons. The maximum atomic E-state index is 14.0. The molecular formula is C16H23F2N. The Morgan fingerprint density at radius 3 is 2.74 bits per heavy atom. The molecule has 0 aliphatic heterocycles. The van der Waals surface area contributed by atoms with Gasteiger partial charge in [-0.25, -0.2) is 8.78 Å². The highest BCUT2D eigenvalue weighted by Crippen LogP contribution is 2.42. The molecular weight excluding hydrogens is 244 g/mol. The van der Waals surface area contributed by atoms with E-state index in [1.807, 2.05) is 7.05 Å². The first-order chi connectivity index (χ1) is 9.17. The van der Waals surface area contributed by atoms with Gasteiger partial charge in [-0.1, -0.05) is 31.9 Å². The topological polar surface area (TPSA) is 12.0 Å². The van der Waals surface area contributed by atoms with Gasteiger partial charge >= 0.3 is 0 Å². The third kappa shape index (κ3) is 3.14. The third-order valence-electron chi connectivity index (χ3n) is 4.53. The van der Waals surface area contributed by atoms with Crippen LogP contribution in [0.3, 0.4) is 0 Å². The van der Waals surface area contributed by atoms with Crippen LogP contribution in [0.1, 0.15) is 44.1 Å². The van der Waals surface area contributed by atoms with Gasteiger partial charge in [-0.2, -0.15) is 0 Å². The highest BCUT2D eigenvalue weighted by atomic mass is 19.2. The average molecular weight is 267 g/mol. The van der Waals surface area contributed by atoms with Crippen molar-refractivity contribution in [3.05, 3.63) is 35.4 Å². The SMILES string of the molecule is CCC1CCC(CNC)C(c2cccc(F)c2F)C1. The van der Waals surface area contributed by atoms with E-state index in [-0.39, 0.29) is 5.92 Å². The predicted molar refractivity (Wildman–Crippen MR) is 74.1 cm³/mol. The Hall–Kier alpha value is -0.960. The van der Waals surface area contributed by atoms with E-state index in [0.717, 1.165) is 25.8 Å². The lowest BCUT2D eigenvalue weighted by Crippen LogP contribution is -2.31. The van der Waals surface area contributed by atoms with E-state index in [2.05, 4.69) is 12.2 Å². The maximum Gasteiger partial charge on any atom is 0.162 e. The second-order valence-electron chi connectivity index (χ2n) is 5.65. The van der Waals surface area contributed by atoms with Crippen molar-refractivity contribution in [2.75, 3.05) is 13.6 Å². The highest BCUT2D eigenvalue weighted by Gasteiger charge is 2.32. The van der Waals surface area contributed by atoms with E-state index in [1.54, 1.807) is 12.1 Å². The molecule has 0 aromatic heterocycles. The molecule has 0 saturated heterocycles. The van der Waals surface area contributed by atoms with Crippen molar-refractivity contribution in [1.29, 1.82) is 0 Å². The van der Waals surface area contributed by atoms with Crippen molar-refractivity contribution in [3.8, 4) is 0 Å². The number of hydrogen-bond acceptors (Lipinski definition) is 1. The van der Waals surface area contributed by atoms with Crippen LogP contribution in [0, 0.1) is 23.5 Å². The van der Waals surface area contributed by atoms with Crippen LogP contribution >= 0.6 is 0 Å². The summed E-state index contributed by atoms with van der Waals surface area (Å²) in [6.45, 7) is 3.05. The molecule has 3 unspecified atom stereocenters. The first-order valence-corrected chi connectivity index (χ1v) is 7.25. The van der Waals surface area contributed by atoms with Gasteiger partial charge in [0.15, 0.2) is 11.6 Å². The number of halogens is 2. The molecule has 0 spiro atoms. The first-order valence-electron chi connectivity index (χ1n) is 7.25. The zero-order valence-electron chi connectivity index (χ0n) is 11.8. The Morgan fingerprint density at radius 2 is 2.05 bits per heavy atom. The molecule has 0 heterocycles. The van der Waals surface area contributed by atoms with Crippen molar-refractivity contribution in [2.24, 2.45) is 11.8 Å². The van der Waals surface area contributed by atoms with Gasteiger partial charge in [0, 0.05) is 0 Å². The predicted octanol–water partition coefficient (Wildman–Crippen LogP) is 4.09. The minimum Gasteiger partial charge on any atom is -0.319 e. The summed E-state index contributed by atoms with van der Waals surface area (Å²) in [5, 5.41) is 3.19. The second-order valence-corrected chi connectivity index (χ2v) is 5.65. The summed E-state index contributed by atoms with van der Waals surface area (Å²) in [6.07, 6.45) is 4.40. The number of nitrogens with one attached hydrogen (secondary N) is 1. The summed E-state index contributed by atoms with van der Waals surface area (Å²) < 4.78 is 27.5. The Kier molecular flexibility index (Phi) is 4.92. The van der Waals surface area contributed by atoms with Crippen LogP contribution in [-0.4, -0.2) is 13.6 Å². The van der Waals surface area contributed by atoms with Gasteiger partial charge in [-0.15, -0.1) is 0 Å². The van der Waals surface area contributed by atoms with Crippen LogP contribution in [0.2, 0.25) is 0 Å². The van der Waals surface area contributed by atoms with Gasteiger partial charge in [0.25, 0.3) is 0 Å². The average Bonchev–Trinajstić information content (AvgIpc) is 2.43. The first kappa shape index (κ1) is 14.4. The van der Waals surface area contributed by atoms with Crippen LogP contribution in [0.4, 0.5) is 8.78 Å². The highest BCUT2D eigenvalue weighted by molar-refractivity contribution is 5.24. The molecule has 0 amide bonds. The summed E-state index contributed by atoms with van der Waals surface area (Å²) in [4.78, 5) is 0. The number of benzene rings is 1. The second kappa shape index (κ2) is 6.47. The lowest BCUT2D eigenvalue weighted by atomic mass is 9.70. The summed E-state index contributed by atoms with van der Waals surface area (Å²) in [5.74, 6) is -0.184. The fourth-order valence-electron chi connectivity index (χ4n) is 3.39. The Morgan fingerprint density at radius 1 is 1.26 bits per heavy atom. The molecule has 1 aromatic carbocycles. The summed E-state index contributed by atoms with van der Waals surface area (Å²) in [6, 6.07) is 4.58. The zero-order valence-corrected chi connectivity index (χ0v) is 11.8. The van der Waals surface area contributed by atoms with E-state index in [0.29, 0.717) is 17.4 Å². The van der Waals surface area contributed by atoms with Crippen LogP contribution in [-0.2, 0) is 0 Å². The van der Waals surface area contributed by atoms with E-state index in [9.17, 15) is 8.78 Å². The van der Waals surface area contributed by atoms with Crippen molar-refractivity contribution in [2.45, 2.75) is 38.5 Å². The molecule has 2 rings (SSSR count). The Bertz CT molecular complexity index is 419. The molecule has 1 aromatic rings. The van der Waals surface area contributed by atoms with E-state index >= 15 is 0 Å². The standard InChI is InChI=1S/C16H23F2N/c1-3-11-7-8-12(10-19-2)14(9-11)13-5-4-6-15(17)16(13)18/h4-6,11-12,14,19H,3,7-10H2,1-2H3. The molecule has 0 bridgehead atoms. The van der Waals surface area contributed by atoms with Crippen molar-refractivity contribution in [1.82, 2.24) is 5.32 Å². The molecule has 3 heteroatoms. The fraction of sp³-hybridized carbons (Fsp3) is 0.625. The van der Waals surface area contributed by atoms with Crippen LogP contribution in [0.5, 0.6) is 0 Å². The van der Waals surface area contributed by atoms with Crippen LogP contribution in [0.25, 0.3) is 0 Å². The normalized spacial score (nSPS) is 27.5. The van der Waals surface area contributed by atoms with Crippen LogP contribution in [0.15, 0.2) is 18.2 Å². The third-order valence-corrected chi connectivity index (χ3v) is 4.53. The largest absolute Gasteiger partial charge is 0.319 e. The molecule has 0 radical (unpaired) electrons. The molecule has 1 saturated carbocycles. The van der Waals surface area contributed by atoms with E-state index in [1.165, 1.54) is 12.5 Å². The van der Waals surface area contributed by atoms with E-state index in [4.69, 9.17) is 0 Å². The minimum absolute atomic E-state index is 0.141. The van der Waals surface area contributed by atoms with Crippen molar-refractivity contribution < 1.29 is 8.78 Å². The van der Waals surface area contributed by atoms with Gasteiger partial charge in [-0.3, -0.25) is 0 Å². The van der Waals surface area contributed by atoms with Gasteiger partial charge in [0.1, 0.15) is 0 Å². The van der Waals surface area contributed by atoms with Crippen molar-refractivity contribution >= 4 is 0 Å². The monoisotopic (exact) mass is 267 g/mol. The number of rotatable bonds is 4. The van der Waals surface area contributed by atoms with Gasteiger partial charge in [0.05, 0.1) is 0 Å². The molecule has 1 nitrogen and oxygen atoms in total. The molecule has 19 heavy (non-hydrogen) atoms. The lowest BCUT2D eigenvalue weighted by Gasteiger charge is -2.36. The minimum atomic E-state index is -0.723. The summed E-state index contributed by atoms with van der Waals surface area (Å²) >= 11 is 0. The van der Waals surface area contributed by atoms with Gasteiger partial charge in [-0.05, 0) is 55.8 Å². The van der Waals surface area contributed by atoms with E-state index < -0.39 is 11.6 Å². The Labute approximate surface area is 114 Å². The van der Waals surface area contributed by atoms with Crippen molar-refractivity contribution in [3.63, 3.8) is 0 Å². The van der Waals surface area contributed by atoms with Gasteiger partial charge < -0.3 is 5.32 Å². The molecule has 3 atom stereocenters. The smallest absolute Gasteiger partial charge is 0.162 e. The maximum absolute atomic E-state index is 14.0. The molecule has 1 aliphatic carbocycles. The molecule has 1 N–H and O–H groups in total. The fourth-order valence-corrected chi connectivity index (χ4v) is 3.39. The quantitative estimate of drug-likeness (QED) is 0.866. The zero-order chi connectivity index (χ0) is 13.8. The Balaban J connectivity index is 2.27. The van der Waals surface area contributed by atoms with Gasteiger partial charge in [0.2, 0.25) is 0 Å².